The SMILES string of the molecule is Cc1ccnc(C)c1NC(=O)N(Cc1ccccc1)C1CCC(C2CCCCC2)CC1. The summed E-state index contributed by atoms with van der Waals surface area (Å²) >= 11 is 0. The van der Waals surface area contributed by atoms with Gasteiger partial charge in [0.05, 0.1) is 11.4 Å². The highest BCUT2D eigenvalue weighted by Crippen LogP contribution is 2.39. The van der Waals surface area contributed by atoms with Crippen LogP contribution in [0.25, 0.3) is 0 Å². The van der Waals surface area contributed by atoms with Crippen LogP contribution >= 0.6 is 0 Å². The fourth-order valence-electron chi connectivity index (χ4n) is 5.70. The molecule has 4 rings (SSSR count). The fourth-order valence-corrected chi connectivity index (χ4v) is 5.70. The second kappa shape index (κ2) is 10.3. The highest BCUT2D eigenvalue weighted by atomic mass is 16.2. The third-order valence-electron chi connectivity index (χ3n) is 7.54. The Kier molecular flexibility index (Phi) is 7.26. The van der Waals surface area contributed by atoms with Crippen LogP contribution in [-0.4, -0.2) is 22.0 Å². The molecule has 2 aliphatic rings. The Labute approximate surface area is 187 Å². The first kappa shape index (κ1) is 21.9. The number of hydrogen-bond acceptors (Lipinski definition) is 2. The Balaban J connectivity index is 1.47. The normalized spacial score (nSPS) is 22.1. The van der Waals surface area contributed by atoms with Gasteiger partial charge in [0, 0.05) is 18.8 Å². The van der Waals surface area contributed by atoms with Crippen molar-refractivity contribution in [2.24, 2.45) is 11.8 Å². The molecule has 4 heteroatoms. The quantitative estimate of drug-likeness (QED) is 0.574. The van der Waals surface area contributed by atoms with E-state index < -0.39 is 0 Å². The van der Waals surface area contributed by atoms with E-state index in [1.54, 1.807) is 6.20 Å². The molecule has 2 aliphatic carbocycles. The van der Waals surface area contributed by atoms with E-state index in [2.05, 4.69) is 39.5 Å². The van der Waals surface area contributed by atoms with Gasteiger partial charge in [-0.15, -0.1) is 0 Å². The number of pyridine rings is 1. The lowest BCUT2D eigenvalue weighted by Crippen LogP contribution is -2.44. The number of carbonyl (C=O) groups is 1. The zero-order chi connectivity index (χ0) is 21.6. The van der Waals surface area contributed by atoms with Gasteiger partial charge in [0.15, 0.2) is 0 Å². The minimum absolute atomic E-state index is 0.00386. The van der Waals surface area contributed by atoms with Crippen LogP contribution in [0, 0.1) is 25.7 Å². The van der Waals surface area contributed by atoms with Crippen LogP contribution in [0.2, 0.25) is 0 Å². The number of urea groups is 1. The van der Waals surface area contributed by atoms with Crippen molar-refractivity contribution in [3.05, 3.63) is 59.4 Å². The fraction of sp³-hybridized carbons (Fsp3) is 0.556. The zero-order valence-electron chi connectivity index (χ0n) is 19.1. The molecule has 2 amide bonds. The molecule has 1 aromatic heterocycles. The van der Waals surface area contributed by atoms with E-state index in [1.165, 1.54) is 50.5 Å². The van der Waals surface area contributed by atoms with Crippen LogP contribution in [0.15, 0.2) is 42.6 Å². The molecule has 0 spiro atoms. The lowest BCUT2D eigenvalue weighted by atomic mass is 9.72. The summed E-state index contributed by atoms with van der Waals surface area (Å²) in [5.41, 5.74) is 3.96. The maximum atomic E-state index is 13.5. The number of hydrogen-bond donors (Lipinski definition) is 1. The topological polar surface area (TPSA) is 45.2 Å². The first-order chi connectivity index (χ1) is 15.1. The highest BCUT2D eigenvalue weighted by molar-refractivity contribution is 5.91. The molecule has 0 saturated heterocycles. The summed E-state index contributed by atoms with van der Waals surface area (Å²) in [6, 6.07) is 12.7. The van der Waals surface area contributed by atoms with Crippen molar-refractivity contribution in [1.29, 1.82) is 0 Å². The van der Waals surface area contributed by atoms with Crippen molar-refractivity contribution < 1.29 is 4.79 Å². The number of aryl methyl sites for hydroxylation is 2. The van der Waals surface area contributed by atoms with E-state index in [-0.39, 0.29) is 6.03 Å². The van der Waals surface area contributed by atoms with Crippen molar-refractivity contribution in [1.82, 2.24) is 9.88 Å². The second-order valence-corrected chi connectivity index (χ2v) is 9.60. The maximum absolute atomic E-state index is 13.5. The zero-order valence-corrected chi connectivity index (χ0v) is 19.1. The van der Waals surface area contributed by atoms with Gasteiger partial charge < -0.3 is 10.2 Å². The molecular formula is C27H37N3O. The number of anilines is 1. The third-order valence-corrected chi connectivity index (χ3v) is 7.54. The standard InChI is InChI=1S/C27H37N3O/c1-20-17-18-28-21(2)26(20)29-27(31)30(19-22-9-5-3-6-10-22)25-15-13-24(14-16-25)23-11-7-4-8-12-23/h3,5-6,9-10,17-18,23-25H,4,7-8,11-16,19H2,1-2H3,(H,29,31). The van der Waals surface area contributed by atoms with Gasteiger partial charge in [-0.2, -0.15) is 0 Å². The van der Waals surface area contributed by atoms with Crippen LogP contribution in [0.5, 0.6) is 0 Å². The number of rotatable bonds is 5. The van der Waals surface area contributed by atoms with Gasteiger partial charge in [-0.05, 0) is 68.6 Å². The average Bonchev–Trinajstić information content (AvgIpc) is 2.81. The predicted octanol–water partition coefficient (Wildman–Crippen LogP) is 6.87. The van der Waals surface area contributed by atoms with Crippen LogP contribution < -0.4 is 5.32 Å². The Morgan fingerprint density at radius 2 is 1.61 bits per heavy atom. The van der Waals surface area contributed by atoms with Gasteiger partial charge >= 0.3 is 6.03 Å². The van der Waals surface area contributed by atoms with Crippen LogP contribution in [0.1, 0.15) is 74.6 Å². The van der Waals surface area contributed by atoms with E-state index in [1.807, 2.05) is 26.0 Å². The molecule has 1 heterocycles. The van der Waals surface area contributed by atoms with Gasteiger partial charge in [0.25, 0.3) is 0 Å². The lowest BCUT2D eigenvalue weighted by molar-refractivity contribution is 0.120. The second-order valence-electron chi connectivity index (χ2n) is 9.60. The molecule has 0 radical (unpaired) electrons. The van der Waals surface area contributed by atoms with Crippen molar-refractivity contribution in [2.45, 2.75) is 84.2 Å². The Morgan fingerprint density at radius 3 is 2.29 bits per heavy atom. The first-order valence-electron chi connectivity index (χ1n) is 12.2. The molecule has 0 aliphatic heterocycles. The van der Waals surface area contributed by atoms with Crippen molar-refractivity contribution in [2.75, 3.05) is 5.32 Å². The summed E-state index contributed by atoms with van der Waals surface area (Å²) in [7, 11) is 0. The Hall–Kier alpha value is -2.36. The summed E-state index contributed by atoms with van der Waals surface area (Å²) < 4.78 is 0. The number of nitrogens with one attached hydrogen (secondary N) is 1. The van der Waals surface area contributed by atoms with E-state index in [0.29, 0.717) is 12.6 Å². The molecule has 31 heavy (non-hydrogen) atoms. The summed E-state index contributed by atoms with van der Waals surface area (Å²) in [4.78, 5) is 19.9. The predicted molar refractivity (Wildman–Crippen MR) is 127 cm³/mol. The monoisotopic (exact) mass is 419 g/mol. The van der Waals surface area contributed by atoms with E-state index in [9.17, 15) is 4.79 Å². The molecule has 2 fully saturated rings. The smallest absolute Gasteiger partial charge is 0.317 e. The molecule has 4 nitrogen and oxygen atoms in total. The summed E-state index contributed by atoms with van der Waals surface area (Å²) in [6.45, 7) is 4.64. The number of aromatic nitrogens is 1. The third kappa shape index (κ3) is 5.47. The summed E-state index contributed by atoms with van der Waals surface area (Å²) in [5.74, 6) is 1.78. The Morgan fingerprint density at radius 1 is 0.935 bits per heavy atom. The minimum Gasteiger partial charge on any atom is -0.317 e. The molecule has 1 N–H and O–H groups in total. The first-order valence-corrected chi connectivity index (χ1v) is 12.2. The van der Waals surface area contributed by atoms with Crippen molar-refractivity contribution in [3.8, 4) is 0 Å². The van der Waals surface area contributed by atoms with E-state index >= 15 is 0 Å². The average molecular weight is 420 g/mol. The number of nitrogens with zero attached hydrogens (tertiary/aromatic N) is 2. The molecule has 1 aromatic carbocycles. The number of carbonyl (C=O) groups excluding carboxylic acids is 1. The van der Waals surface area contributed by atoms with Crippen LogP contribution in [0.3, 0.4) is 0 Å². The van der Waals surface area contributed by atoms with Gasteiger partial charge in [0.1, 0.15) is 0 Å². The van der Waals surface area contributed by atoms with Gasteiger partial charge in [-0.1, -0.05) is 62.4 Å². The highest BCUT2D eigenvalue weighted by Gasteiger charge is 2.33. The maximum Gasteiger partial charge on any atom is 0.322 e. The molecule has 0 unspecified atom stereocenters. The van der Waals surface area contributed by atoms with Gasteiger partial charge in [-0.25, -0.2) is 4.79 Å². The van der Waals surface area contributed by atoms with E-state index in [0.717, 1.165) is 41.6 Å². The van der Waals surface area contributed by atoms with Gasteiger partial charge in [-0.3, -0.25) is 4.98 Å². The lowest BCUT2D eigenvalue weighted by Gasteiger charge is -2.40. The summed E-state index contributed by atoms with van der Waals surface area (Å²) in [6.07, 6.45) is 13.6. The number of amides is 2. The Bertz CT molecular complexity index is 832. The van der Waals surface area contributed by atoms with E-state index in [4.69, 9.17) is 0 Å². The number of benzene rings is 1. The molecule has 0 bridgehead atoms. The molecule has 2 saturated carbocycles. The molecule has 0 atom stereocenters. The molecule has 2 aromatic rings. The summed E-state index contributed by atoms with van der Waals surface area (Å²) in [5, 5.41) is 3.20. The van der Waals surface area contributed by atoms with Crippen molar-refractivity contribution in [3.63, 3.8) is 0 Å². The van der Waals surface area contributed by atoms with Crippen LogP contribution in [-0.2, 0) is 6.54 Å². The van der Waals surface area contributed by atoms with Crippen molar-refractivity contribution >= 4 is 11.7 Å². The minimum atomic E-state index is 0.00386. The largest absolute Gasteiger partial charge is 0.322 e. The van der Waals surface area contributed by atoms with Crippen LogP contribution in [0.4, 0.5) is 10.5 Å². The molecule has 166 valence electrons. The van der Waals surface area contributed by atoms with Gasteiger partial charge in [0.2, 0.25) is 0 Å². The molecular weight excluding hydrogens is 382 g/mol.